The van der Waals surface area contributed by atoms with Gasteiger partial charge in [0.25, 0.3) is 0 Å². The highest BCUT2D eigenvalue weighted by molar-refractivity contribution is 5.80. The molecule has 0 spiro atoms. The van der Waals surface area contributed by atoms with Crippen LogP contribution in [-0.2, 0) is 18.3 Å². The molecule has 84 valence electrons. The van der Waals surface area contributed by atoms with E-state index in [1.807, 2.05) is 24.7 Å². The molecule has 1 heterocycles. The van der Waals surface area contributed by atoms with Crippen LogP contribution in [0.25, 0.3) is 0 Å². The molecule has 1 atom stereocenters. The molecule has 0 bridgehead atoms. The summed E-state index contributed by atoms with van der Waals surface area (Å²) >= 11 is 0. The van der Waals surface area contributed by atoms with Crippen molar-refractivity contribution in [2.24, 2.45) is 13.0 Å². The normalized spacial score (nSPS) is 12.7. The Morgan fingerprint density at radius 3 is 2.87 bits per heavy atom. The zero-order chi connectivity index (χ0) is 11.3. The number of hydrogen-bond donors (Lipinski definition) is 0. The lowest BCUT2D eigenvalue weighted by molar-refractivity contribution is -0.122. The van der Waals surface area contributed by atoms with Crippen molar-refractivity contribution in [3.63, 3.8) is 0 Å². The second kappa shape index (κ2) is 5.69. The monoisotopic (exact) mass is 208 g/mol. The number of hydrogen-bond acceptors (Lipinski definition) is 2. The average molecular weight is 208 g/mol. The Hall–Kier alpha value is -1.12. The minimum atomic E-state index is 0.211. The third kappa shape index (κ3) is 3.50. The van der Waals surface area contributed by atoms with Crippen LogP contribution in [0.1, 0.15) is 38.8 Å². The molecule has 0 saturated carbocycles. The first-order chi connectivity index (χ1) is 7.15. The number of carbonyl (C=O) groups is 1. The summed E-state index contributed by atoms with van der Waals surface area (Å²) < 4.78 is 1.83. The van der Waals surface area contributed by atoms with Gasteiger partial charge in [-0.1, -0.05) is 20.3 Å². The van der Waals surface area contributed by atoms with E-state index in [1.165, 1.54) is 0 Å². The van der Waals surface area contributed by atoms with Crippen molar-refractivity contribution in [1.29, 1.82) is 0 Å². The fraction of sp³-hybridized carbons (Fsp3) is 0.667. The Balaban J connectivity index is 2.37. The highest BCUT2D eigenvalue weighted by Gasteiger charge is 2.12. The van der Waals surface area contributed by atoms with E-state index in [4.69, 9.17) is 0 Å². The summed E-state index contributed by atoms with van der Waals surface area (Å²) in [5.41, 5.74) is 1.13. The summed E-state index contributed by atoms with van der Waals surface area (Å²) in [5, 5.41) is 4.08. The molecule has 1 aromatic rings. The summed E-state index contributed by atoms with van der Waals surface area (Å²) in [6.07, 6.45) is 5.31. The largest absolute Gasteiger partial charge is 0.299 e. The third-order valence-electron chi connectivity index (χ3n) is 2.82. The number of nitrogens with zero attached hydrogens (tertiary/aromatic N) is 2. The zero-order valence-corrected chi connectivity index (χ0v) is 9.86. The van der Waals surface area contributed by atoms with Crippen LogP contribution in [0, 0.1) is 5.92 Å². The van der Waals surface area contributed by atoms with Gasteiger partial charge < -0.3 is 0 Å². The van der Waals surface area contributed by atoms with E-state index < -0.39 is 0 Å². The number of rotatable bonds is 6. The van der Waals surface area contributed by atoms with E-state index in [2.05, 4.69) is 12.0 Å². The molecule has 0 aliphatic carbocycles. The molecule has 3 nitrogen and oxygen atoms in total. The molecular weight excluding hydrogens is 188 g/mol. The van der Waals surface area contributed by atoms with Gasteiger partial charge in [0, 0.05) is 31.3 Å². The van der Waals surface area contributed by atoms with Crippen molar-refractivity contribution in [2.75, 3.05) is 0 Å². The average Bonchev–Trinajstić information content (AvgIpc) is 2.61. The van der Waals surface area contributed by atoms with Gasteiger partial charge in [-0.2, -0.15) is 5.10 Å². The van der Waals surface area contributed by atoms with Gasteiger partial charge in [-0.05, 0) is 18.9 Å². The van der Waals surface area contributed by atoms with Gasteiger partial charge in [-0.25, -0.2) is 0 Å². The van der Waals surface area contributed by atoms with Crippen molar-refractivity contribution in [3.8, 4) is 0 Å². The molecule has 1 aromatic heterocycles. The van der Waals surface area contributed by atoms with Gasteiger partial charge in [0.2, 0.25) is 0 Å². The molecule has 0 aliphatic heterocycles. The van der Waals surface area contributed by atoms with E-state index in [1.54, 1.807) is 6.20 Å². The highest BCUT2D eigenvalue weighted by Crippen LogP contribution is 2.11. The van der Waals surface area contributed by atoms with Crippen molar-refractivity contribution in [3.05, 3.63) is 18.0 Å². The SMILES string of the molecule is CCCC(C)C(=O)CCc1ccnn1C. The second-order valence-electron chi connectivity index (χ2n) is 4.10. The molecule has 3 heteroatoms. The van der Waals surface area contributed by atoms with E-state index in [-0.39, 0.29) is 5.92 Å². The fourth-order valence-electron chi connectivity index (χ4n) is 1.74. The lowest BCUT2D eigenvalue weighted by Gasteiger charge is -2.08. The van der Waals surface area contributed by atoms with Crippen molar-refractivity contribution in [2.45, 2.75) is 39.5 Å². The van der Waals surface area contributed by atoms with Gasteiger partial charge in [-0.3, -0.25) is 9.48 Å². The van der Waals surface area contributed by atoms with E-state index >= 15 is 0 Å². The minimum Gasteiger partial charge on any atom is -0.299 e. The standard InChI is InChI=1S/C12H20N2O/c1-4-5-10(2)12(15)7-6-11-8-9-13-14(11)3/h8-10H,4-7H2,1-3H3. The predicted octanol–water partition coefficient (Wildman–Crippen LogP) is 2.36. The van der Waals surface area contributed by atoms with Crippen LogP contribution in [0.3, 0.4) is 0 Å². The first-order valence-electron chi connectivity index (χ1n) is 5.64. The van der Waals surface area contributed by atoms with Crippen LogP contribution in [0.15, 0.2) is 12.3 Å². The summed E-state index contributed by atoms with van der Waals surface area (Å²) in [5.74, 6) is 0.585. The van der Waals surface area contributed by atoms with Crippen LogP contribution in [0.5, 0.6) is 0 Å². The molecule has 0 fully saturated rings. The quantitative estimate of drug-likeness (QED) is 0.719. The zero-order valence-electron chi connectivity index (χ0n) is 9.86. The lowest BCUT2D eigenvalue weighted by atomic mass is 9.97. The number of Topliss-reactive ketones (excluding diaryl/α,β-unsaturated/α-hetero) is 1. The third-order valence-corrected chi connectivity index (χ3v) is 2.82. The van der Waals surface area contributed by atoms with Gasteiger partial charge in [-0.15, -0.1) is 0 Å². The van der Waals surface area contributed by atoms with Crippen molar-refractivity contribution < 1.29 is 4.79 Å². The molecule has 15 heavy (non-hydrogen) atoms. The van der Waals surface area contributed by atoms with Gasteiger partial charge in [0.15, 0.2) is 0 Å². The summed E-state index contributed by atoms with van der Waals surface area (Å²) in [6.45, 7) is 4.14. The Morgan fingerprint density at radius 1 is 1.60 bits per heavy atom. The minimum absolute atomic E-state index is 0.211. The topological polar surface area (TPSA) is 34.9 Å². The first kappa shape index (κ1) is 12.0. The molecule has 0 N–H and O–H groups in total. The smallest absolute Gasteiger partial charge is 0.136 e. The number of ketones is 1. The molecule has 0 aliphatic rings. The maximum absolute atomic E-state index is 11.7. The fourth-order valence-corrected chi connectivity index (χ4v) is 1.74. The maximum atomic E-state index is 11.7. The van der Waals surface area contributed by atoms with Gasteiger partial charge in [0.05, 0.1) is 0 Å². The molecule has 1 rings (SSSR count). The molecular formula is C12H20N2O. The van der Waals surface area contributed by atoms with Crippen LogP contribution >= 0.6 is 0 Å². The van der Waals surface area contributed by atoms with E-state index in [9.17, 15) is 4.79 Å². The van der Waals surface area contributed by atoms with Crippen LogP contribution < -0.4 is 0 Å². The Bertz CT molecular complexity index is 317. The molecule has 0 aromatic carbocycles. The Labute approximate surface area is 91.5 Å². The number of aryl methyl sites for hydroxylation is 2. The Morgan fingerprint density at radius 2 is 2.33 bits per heavy atom. The van der Waals surface area contributed by atoms with Crippen molar-refractivity contribution >= 4 is 5.78 Å². The maximum Gasteiger partial charge on any atom is 0.136 e. The molecule has 0 radical (unpaired) electrons. The highest BCUT2D eigenvalue weighted by atomic mass is 16.1. The van der Waals surface area contributed by atoms with E-state index in [0.29, 0.717) is 12.2 Å². The number of carbonyl (C=O) groups excluding carboxylic acids is 1. The molecule has 0 saturated heterocycles. The Kier molecular flexibility index (Phi) is 4.53. The van der Waals surface area contributed by atoms with E-state index in [0.717, 1.165) is 25.0 Å². The van der Waals surface area contributed by atoms with Crippen molar-refractivity contribution in [1.82, 2.24) is 9.78 Å². The summed E-state index contributed by atoms with van der Waals surface area (Å²) in [6, 6.07) is 1.97. The first-order valence-corrected chi connectivity index (χ1v) is 5.64. The van der Waals surface area contributed by atoms with Gasteiger partial charge >= 0.3 is 0 Å². The van der Waals surface area contributed by atoms with Crippen LogP contribution in [0.2, 0.25) is 0 Å². The molecule has 1 unspecified atom stereocenters. The second-order valence-corrected chi connectivity index (χ2v) is 4.10. The summed E-state index contributed by atoms with van der Waals surface area (Å²) in [7, 11) is 1.91. The molecule has 0 amide bonds. The van der Waals surface area contributed by atoms with Crippen LogP contribution in [-0.4, -0.2) is 15.6 Å². The van der Waals surface area contributed by atoms with Gasteiger partial charge in [0.1, 0.15) is 5.78 Å². The van der Waals surface area contributed by atoms with Crippen LogP contribution in [0.4, 0.5) is 0 Å². The lowest BCUT2D eigenvalue weighted by Crippen LogP contribution is -2.12. The summed E-state index contributed by atoms with van der Waals surface area (Å²) in [4.78, 5) is 11.7. The number of aromatic nitrogens is 2. The predicted molar refractivity (Wildman–Crippen MR) is 60.6 cm³/mol.